The van der Waals surface area contributed by atoms with Crippen LogP contribution in [0.4, 0.5) is 0 Å². The Hall–Kier alpha value is -1.30. The second-order valence-electron chi connectivity index (χ2n) is 6.87. The number of carbonyl (C=O) groups excluding carboxylic acids is 2. The molecule has 1 unspecified atom stereocenters. The van der Waals surface area contributed by atoms with Crippen molar-refractivity contribution in [3.63, 3.8) is 0 Å². The van der Waals surface area contributed by atoms with Crippen molar-refractivity contribution in [2.24, 2.45) is 5.41 Å². The Balaban J connectivity index is 1.58. The summed E-state index contributed by atoms with van der Waals surface area (Å²) in [6, 6.07) is 4.79. The molecule has 1 aliphatic carbocycles. The Kier molecular flexibility index (Phi) is 5.56. The Morgan fingerprint density at radius 3 is 2.60 bits per heavy atom. The minimum Gasteiger partial charge on any atom is -0.489 e. The van der Waals surface area contributed by atoms with Gasteiger partial charge in [-0.15, -0.1) is 0 Å². The maximum atomic E-state index is 12.7. The number of hydrogen-bond acceptors (Lipinski definition) is 4. The molecule has 3 rings (SSSR count). The highest BCUT2D eigenvalue weighted by Gasteiger charge is 2.51. The van der Waals surface area contributed by atoms with E-state index in [1.165, 1.54) is 4.90 Å². The zero-order chi connectivity index (χ0) is 18.0. The first-order valence-electron chi connectivity index (χ1n) is 8.52. The van der Waals surface area contributed by atoms with E-state index in [0.29, 0.717) is 15.8 Å². The van der Waals surface area contributed by atoms with Crippen LogP contribution in [0.25, 0.3) is 0 Å². The molecule has 2 amide bonds. The van der Waals surface area contributed by atoms with Crippen molar-refractivity contribution >= 4 is 35.0 Å². The summed E-state index contributed by atoms with van der Waals surface area (Å²) in [6.45, 7) is -0.115. The normalized spacial score (nSPS) is 21.0. The fourth-order valence-electron chi connectivity index (χ4n) is 3.71. The monoisotopic (exact) mass is 385 g/mol. The molecule has 2 aliphatic rings. The van der Waals surface area contributed by atoms with E-state index in [0.717, 1.165) is 32.1 Å². The van der Waals surface area contributed by atoms with E-state index in [-0.39, 0.29) is 31.4 Å². The molecular formula is C18H21Cl2NO4. The number of amides is 2. The Morgan fingerprint density at radius 1 is 1.20 bits per heavy atom. The molecule has 136 valence electrons. The van der Waals surface area contributed by atoms with Crippen molar-refractivity contribution in [1.82, 2.24) is 4.90 Å². The molecule has 1 saturated carbocycles. The largest absolute Gasteiger partial charge is 0.489 e. The first-order valence-corrected chi connectivity index (χ1v) is 9.28. The number of benzene rings is 1. The summed E-state index contributed by atoms with van der Waals surface area (Å²) in [5, 5.41) is 11.0. The number of halogens is 2. The van der Waals surface area contributed by atoms with Crippen molar-refractivity contribution in [1.29, 1.82) is 0 Å². The summed E-state index contributed by atoms with van der Waals surface area (Å²) in [6.07, 6.45) is 3.89. The predicted octanol–water partition coefficient (Wildman–Crippen LogP) is 3.44. The van der Waals surface area contributed by atoms with Gasteiger partial charge in [-0.2, -0.15) is 0 Å². The van der Waals surface area contributed by atoms with Crippen LogP contribution in [0.5, 0.6) is 5.75 Å². The molecular weight excluding hydrogens is 365 g/mol. The molecule has 7 heteroatoms. The lowest BCUT2D eigenvalue weighted by molar-refractivity contribution is -0.144. The van der Waals surface area contributed by atoms with Gasteiger partial charge >= 0.3 is 0 Å². The summed E-state index contributed by atoms with van der Waals surface area (Å²) in [5.74, 6) is 0.0594. The summed E-state index contributed by atoms with van der Waals surface area (Å²) < 4.78 is 5.48. The van der Waals surface area contributed by atoms with E-state index in [9.17, 15) is 14.7 Å². The van der Waals surface area contributed by atoms with E-state index >= 15 is 0 Å². The lowest BCUT2D eigenvalue weighted by Gasteiger charge is -2.30. The van der Waals surface area contributed by atoms with Gasteiger partial charge in [-0.25, -0.2) is 0 Å². The van der Waals surface area contributed by atoms with Crippen LogP contribution in [0.3, 0.4) is 0 Å². The second kappa shape index (κ2) is 7.52. The summed E-state index contributed by atoms with van der Waals surface area (Å²) in [5.41, 5.74) is -0.532. The molecule has 5 nitrogen and oxygen atoms in total. The van der Waals surface area contributed by atoms with Crippen LogP contribution in [0.2, 0.25) is 10.0 Å². The number of carbonyl (C=O) groups is 2. The Labute approximate surface area is 156 Å². The molecule has 0 bridgehead atoms. The number of imide groups is 1. The van der Waals surface area contributed by atoms with E-state index in [1.54, 1.807) is 18.2 Å². The van der Waals surface area contributed by atoms with E-state index in [1.807, 2.05) is 0 Å². The van der Waals surface area contributed by atoms with Crippen LogP contribution in [0, 0.1) is 5.41 Å². The highest BCUT2D eigenvalue weighted by molar-refractivity contribution is 6.35. The number of aliphatic hydroxyl groups is 1. The Morgan fingerprint density at radius 2 is 1.92 bits per heavy atom. The summed E-state index contributed by atoms with van der Waals surface area (Å²) >= 11 is 11.8. The molecule has 1 atom stereocenters. The van der Waals surface area contributed by atoms with Crippen LogP contribution in [-0.2, 0) is 9.59 Å². The highest BCUT2D eigenvalue weighted by Crippen LogP contribution is 2.45. The van der Waals surface area contributed by atoms with Gasteiger partial charge in [0.25, 0.3) is 0 Å². The number of aliphatic hydroxyl groups excluding tert-OH is 1. The van der Waals surface area contributed by atoms with E-state index in [4.69, 9.17) is 27.9 Å². The topological polar surface area (TPSA) is 66.8 Å². The van der Waals surface area contributed by atoms with Crippen molar-refractivity contribution in [3.05, 3.63) is 28.2 Å². The van der Waals surface area contributed by atoms with E-state index in [2.05, 4.69) is 0 Å². The fourth-order valence-corrected chi connectivity index (χ4v) is 4.17. The number of ether oxygens (including phenoxy) is 1. The van der Waals surface area contributed by atoms with Gasteiger partial charge in [0.1, 0.15) is 18.5 Å². The number of β-amino-alcohol motifs (C(OH)–C–C–N with tert-alkyl or cyclic N) is 1. The maximum absolute atomic E-state index is 12.7. The van der Waals surface area contributed by atoms with Crippen molar-refractivity contribution in [2.45, 2.75) is 44.6 Å². The van der Waals surface area contributed by atoms with Crippen molar-refractivity contribution in [2.75, 3.05) is 13.2 Å². The third-order valence-corrected chi connectivity index (χ3v) is 5.55. The quantitative estimate of drug-likeness (QED) is 0.788. The standard InChI is InChI=1S/C18H21Cl2NO4/c19-12-4-5-15(14(20)8-12)25-11-13(22)10-21-16(23)9-18(17(21)24)6-2-1-3-7-18/h4-5,8,13,22H,1-3,6-7,9-11H2. The first kappa shape index (κ1) is 18.5. The summed E-state index contributed by atoms with van der Waals surface area (Å²) in [7, 11) is 0. The third kappa shape index (κ3) is 3.94. The molecule has 2 fully saturated rings. The van der Waals surface area contributed by atoms with Crippen LogP contribution in [-0.4, -0.2) is 41.1 Å². The highest BCUT2D eigenvalue weighted by atomic mass is 35.5. The number of nitrogens with zero attached hydrogens (tertiary/aromatic N) is 1. The molecule has 0 aromatic heterocycles. The van der Waals surface area contributed by atoms with Crippen LogP contribution in [0.15, 0.2) is 18.2 Å². The molecule has 1 heterocycles. The van der Waals surface area contributed by atoms with Gasteiger partial charge in [0, 0.05) is 11.4 Å². The second-order valence-corrected chi connectivity index (χ2v) is 7.71. The lowest BCUT2D eigenvalue weighted by atomic mass is 9.73. The van der Waals surface area contributed by atoms with Gasteiger partial charge in [0.05, 0.1) is 17.0 Å². The number of hydrogen-bond donors (Lipinski definition) is 1. The molecule has 1 aromatic rings. The molecule has 1 saturated heterocycles. The zero-order valence-corrected chi connectivity index (χ0v) is 15.4. The molecule has 0 radical (unpaired) electrons. The molecule has 25 heavy (non-hydrogen) atoms. The fraction of sp³-hybridized carbons (Fsp3) is 0.556. The number of rotatable bonds is 5. The Bertz CT molecular complexity index is 673. The molecule has 1 aromatic carbocycles. The van der Waals surface area contributed by atoms with Gasteiger partial charge in [0.15, 0.2) is 0 Å². The van der Waals surface area contributed by atoms with Gasteiger partial charge in [-0.1, -0.05) is 42.5 Å². The van der Waals surface area contributed by atoms with Gasteiger partial charge in [-0.3, -0.25) is 14.5 Å². The first-order chi connectivity index (χ1) is 11.9. The third-order valence-electron chi connectivity index (χ3n) is 5.02. The SMILES string of the molecule is O=C1CC2(CCCCC2)C(=O)N1CC(O)COc1ccc(Cl)cc1Cl. The van der Waals surface area contributed by atoms with Crippen molar-refractivity contribution in [3.8, 4) is 5.75 Å². The number of likely N-dealkylation sites (tertiary alicyclic amines) is 1. The molecule has 1 aliphatic heterocycles. The van der Waals surface area contributed by atoms with Crippen LogP contribution < -0.4 is 4.74 Å². The van der Waals surface area contributed by atoms with Gasteiger partial charge < -0.3 is 9.84 Å². The van der Waals surface area contributed by atoms with Gasteiger partial charge in [0.2, 0.25) is 11.8 Å². The minimum atomic E-state index is -0.974. The van der Waals surface area contributed by atoms with Gasteiger partial charge in [-0.05, 0) is 31.0 Å². The van der Waals surface area contributed by atoms with E-state index < -0.39 is 11.5 Å². The smallest absolute Gasteiger partial charge is 0.235 e. The molecule has 1 spiro atoms. The van der Waals surface area contributed by atoms with Crippen LogP contribution >= 0.6 is 23.2 Å². The summed E-state index contributed by atoms with van der Waals surface area (Å²) in [4.78, 5) is 26.2. The average molecular weight is 386 g/mol. The lowest BCUT2D eigenvalue weighted by Crippen LogP contribution is -2.42. The minimum absolute atomic E-state index is 0.0510. The zero-order valence-electron chi connectivity index (χ0n) is 13.8. The predicted molar refractivity (Wildman–Crippen MR) is 94.8 cm³/mol. The maximum Gasteiger partial charge on any atom is 0.235 e. The average Bonchev–Trinajstić information content (AvgIpc) is 2.79. The van der Waals surface area contributed by atoms with Crippen LogP contribution in [0.1, 0.15) is 38.5 Å². The van der Waals surface area contributed by atoms with Crippen molar-refractivity contribution < 1.29 is 19.4 Å². The molecule has 1 N–H and O–H groups in total.